The number of rotatable bonds is 7. The van der Waals surface area contributed by atoms with Crippen LogP contribution in [0.25, 0.3) is 0 Å². The summed E-state index contributed by atoms with van der Waals surface area (Å²) < 4.78 is 0. The van der Waals surface area contributed by atoms with Crippen molar-refractivity contribution in [3.05, 3.63) is 0 Å². The number of carbonyl (C=O) groups excluding carboxylic acids is 2. The fraction of sp³-hybridized carbons (Fsp3) is 0.833. The molecule has 2 atom stereocenters. The molecule has 0 spiro atoms. The lowest BCUT2D eigenvalue weighted by Crippen LogP contribution is -2.52. The quantitative estimate of drug-likeness (QED) is 0.606. The Hall–Kier alpha value is -1.10. The minimum Gasteiger partial charge on any atom is -0.355 e. The summed E-state index contributed by atoms with van der Waals surface area (Å²) >= 11 is 0. The van der Waals surface area contributed by atoms with E-state index in [2.05, 4.69) is 16.0 Å². The third-order valence-electron chi connectivity index (χ3n) is 2.27. The highest BCUT2D eigenvalue weighted by molar-refractivity contribution is 5.84. The van der Waals surface area contributed by atoms with Crippen LogP contribution in [0.15, 0.2) is 0 Å². The van der Waals surface area contributed by atoms with Gasteiger partial charge in [-0.15, -0.1) is 0 Å². The summed E-state index contributed by atoms with van der Waals surface area (Å²) in [5.74, 6) is -0.161. The molecule has 0 aromatic heterocycles. The van der Waals surface area contributed by atoms with Crippen LogP contribution in [0.4, 0.5) is 0 Å². The summed E-state index contributed by atoms with van der Waals surface area (Å²) in [5.41, 5.74) is 0. The topological polar surface area (TPSA) is 70.2 Å². The van der Waals surface area contributed by atoms with Crippen molar-refractivity contribution in [1.82, 2.24) is 16.0 Å². The Morgan fingerprint density at radius 2 is 1.53 bits per heavy atom. The zero-order valence-electron chi connectivity index (χ0n) is 11.5. The van der Waals surface area contributed by atoms with E-state index in [0.29, 0.717) is 6.54 Å². The highest BCUT2D eigenvalue weighted by atomic mass is 16.2. The maximum absolute atomic E-state index is 11.6. The largest absolute Gasteiger partial charge is 0.355 e. The zero-order chi connectivity index (χ0) is 13.4. The van der Waals surface area contributed by atoms with Gasteiger partial charge >= 0.3 is 0 Å². The standard InChI is InChI=1S/C12H25N3O2/c1-6-7-13-11(16)9(4)15-10(5)12(17)14-8(2)3/h8-10,15H,6-7H2,1-5H3,(H,13,16)(H,14,17). The van der Waals surface area contributed by atoms with Gasteiger partial charge in [0.15, 0.2) is 0 Å². The molecule has 0 radical (unpaired) electrons. The number of hydrogen-bond acceptors (Lipinski definition) is 3. The number of nitrogens with one attached hydrogen (secondary N) is 3. The molecule has 5 heteroatoms. The molecule has 0 fully saturated rings. The maximum Gasteiger partial charge on any atom is 0.237 e. The molecule has 0 saturated carbocycles. The molecule has 0 heterocycles. The molecule has 0 aliphatic heterocycles. The van der Waals surface area contributed by atoms with Gasteiger partial charge in [0.1, 0.15) is 0 Å². The molecule has 17 heavy (non-hydrogen) atoms. The Morgan fingerprint density at radius 1 is 1.00 bits per heavy atom. The third kappa shape index (κ3) is 6.94. The average Bonchev–Trinajstić information content (AvgIpc) is 2.24. The monoisotopic (exact) mass is 243 g/mol. The van der Waals surface area contributed by atoms with Crippen molar-refractivity contribution in [3.8, 4) is 0 Å². The minimum absolute atomic E-state index is 0.0731. The van der Waals surface area contributed by atoms with Gasteiger partial charge in [-0.2, -0.15) is 0 Å². The van der Waals surface area contributed by atoms with Crippen LogP contribution < -0.4 is 16.0 Å². The molecule has 2 unspecified atom stereocenters. The fourth-order valence-corrected chi connectivity index (χ4v) is 1.34. The highest BCUT2D eigenvalue weighted by Crippen LogP contribution is 1.90. The van der Waals surface area contributed by atoms with Gasteiger partial charge < -0.3 is 10.6 Å². The second kappa shape index (κ2) is 8.06. The molecule has 0 aliphatic carbocycles. The van der Waals surface area contributed by atoms with Crippen LogP contribution in [-0.2, 0) is 9.59 Å². The van der Waals surface area contributed by atoms with Gasteiger partial charge in [0.25, 0.3) is 0 Å². The van der Waals surface area contributed by atoms with Gasteiger partial charge in [-0.05, 0) is 34.1 Å². The normalized spacial score (nSPS) is 14.2. The van der Waals surface area contributed by atoms with Crippen molar-refractivity contribution < 1.29 is 9.59 Å². The Bertz CT molecular complexity index is 254. The highest BCUT2D eigenvalue weighted by Gasteiger charge is 2.19. The van der Waals surface area contributed by atoms with Crippen LogP contribution in [0.2, 0.25) is 0 Å². The maximum atomic E-state index is 11.6. The van der Waals surface area contributed by atoms with E-state index in [9.17, 15) is 9.59 Å². The van der Waals surface area contributed by atoms with E-state index in [1.807, 2.05) is 20.8 Å². The van der Waals surface area contributed by atoms with Crippen LogP contribution in [0.5, 0.6) is 0 Å². The van der Waals surface area contributed by atoms with Crippen LogP contribution in [0.3, 0.4) is 0 Å². The number of amides is 2. The number of hydrogen-bond donors (Lipinski definition) is 3. The first-order valence-electron chi connectivity index (χ1n) is 6.22. The van der Waals surface area contributed by atoms with Crippen molar-refractivity contribution in [2.24, 2.45) is 0 Å². The van der Waals surface area contributed by atoms with E-state index in [-0.39, 0.29) is 29.9 Å². The van der Waals surface area contributed by atoms with Gasteiger partial charge in [0.05, 0.1) is 12.1 Å². The Labute approximate surface area is 104 Å². The first-order chi connectivity index (χ1) is 7.88. The van der Waals surface area contributed by atoms with E-state index in [1.54, 1.807) is 13.8 Å². The van der Waals surface area contributed by atoms with Crippen molar-refractivity contribution in [3.63, 3.8) is 0 Å². The van der Waals surface area contributed by atoms with Gasteiger partial charge in [-0.25, -0.2) is 0 Å². The Kier molecular flexibility index (Phi) is 7.54. The zero-order valence-corrected chi connectivity index (χ0v) is 11.5. The van der Waals surface area contributed by atoms with E-state index >= 15 is 0 Å². The molecule has 0 aromatic carbocycles. The molecular weight excluding hydrogens is 218 g/mol. The summed E-state index contributed by atoms with van der Waals surface area (Å²) in [4.78, 5) is 23.2. The molecule has 0 aliphatic rings. The second-order valence-electron chi connectivity index (χ2n) is 4.56. The van der Waals surface area contributed by atoms with Gasteiger partial charge in [0, 0.05) is 12.6 Å². The van der Waals surface area contributed by atoms with Crippen LogP contribution in [-0.4, -0.2) is 36.5 Å². The van der Waals surface area contributed by atoms with E-state index < -0.39 is 0 Å². The van der Waals surface area contributed by atoms with Gasteiger partial charge in [0.2, 0.25) is 11.8 Å². The van der Waals surface area contributed by atoms with E-state index in [1.165, 1.54) is 0 Å². The Balaban J connectivity index is 4.05. The summed E-state index contributed by atoms with van der Waals surface area (Å²) in [6.45, 7) is 9.98. The lowest BCUT2D eigenvalue weighted by molar-refractivity contribution is -0.125. The van der Waals surface area contributed by atoms with Crippen molar-refractivity contribution in [2.45, 2.75) is 59.2 Å². The molecule has 100 valence electrons. The van der Waals surface area contributed by atoms with Crippen LogP contribution in [0, 0.1) is 0 Å². The predicted molar refractivity (Wildman–Crippen MR) is 68.6 cm³/mol. The van der Waals surface area contributed by atoms with Crippen molar-refractivity contribution >= 4 is 11.8 Å². The van der Waals surface area contributed by atoms with Crippen molar-refractivity contribution in [2.75, 3.05) is 6.54 Å². The first kappa shape index (κ1) is 15.9. The summed E-state index contributed by atoms with van der Waals surface area (Å²) in [7, 11) is 0. The SMILES string of the molecule is CCCNC(=O)C(C)NC(C)C(=O)NC(C)C. The molecule has 3 N–H and O–H groups in total. The summed E-state index contributed by atoms with van der Waals surface area (Å²) in [5, 5.41) is 8.55. The molecule has 0 rings (SSSR count). The third-order valence-corrected chi connectivity index (χ3v) is 2.27. The lowest BCUT2D eigenvalue weighted by Gasteiger charge is -2.20. The second-order valence-corrected chi connectivity index (χ2v) is 4.56. The summed E-state index contributed by atoms with van der Waals surface area (Å²) in [6.07, 6.45) is 0.905. The van der Waals surface area contributed by atoms with Crippen LogP contribution >= 0.6 is 0 Å². The molecule has 0 bridgehead atoms. The molecule has 0 aromatic rings. The lowest BCUT2D eigenvalue weighted by atomic mass is 10.2. The fourth-order valence-electron chi connectivity index (χ4n) is 1.34. The predicted octanol–water partition coefficient (Wildman–Crippen LogP) is 0.404. The van der Waals surface area contributed by atoms with Crippen LogP contribution in [0.1, 0.15) is 41.0 Å². The number of carbonyl (C=O) groups is 2. The average molecular weight is 243 g/mol. The molecule has 0 saturated heterocycles. The smallest absolute Gasteiger partial charge is 0.237 e. The Morgan fingerprint density at radius 3 is 2.00 bits per heavy atom. The van der Waals surface area contributed by atoms with E-state index in [0.717, 1.165) is 6.42 Å². The molecule has 5 nitrogen and oxygen atoms in total. The van der Waals surface area contributed by atoms with Gasteiger partial charge in [-0.1, -0.05) is 6.92 Å². The summed E-state index contributed by atoms with van der Waals surface area (Å²) in [6, 6.07) is -0.634. The van der Waals surface area contributed by atoms with Crippen molar-refractivity contribution in [1.29, 1.82) is 0 Å². The molecule has 2 amide bonds. The van der Waals surface area contributed by atoms with E-state index in [4.69, 9.17) is 0 Å². The molecular formula is C12H25N3O2. The first-order valence-corrected chi connectivity index (χ1v) is 6.22. The minimum atomic E-state index is -0.375. The van der Waals surface area contributed by atoms with Gasteiger partial charge in [-0.3, -0.25) is 14.9 Å².